The third-order valence-corrected chi connectivity index (χ3v) is 5.27. The van der Waals surface area contributed by atoms with Crippen molar-refractivity contribution in [2.75, 3.05) is 14.1 Å². The van der Waals surface area contributed by atoms with E-state index in [0.29, 0.717) is 0 Å². The van der Waals surface area contributed by atoms with Crippen LogP contribution in [0.3, 0.4) is 0 Å². The number of nitrogens with zero attached hydrogens (tertiary/aromatic N) is 1. The summed E-state index contributed by atoms with van der Waals surface area (Å²) >= 11 is 3.16. The van der Waals surface area contributed by atoms with Gasteiger partial charge in [-0.15, -0.1) is 0 Å². The average molecular weight is 393 g/mol. The van der Waals surface area contributed by atoms with Crippen LogP contribution >= 0.6 is 15.9 Å². The first-order valence-electron chi connectivity index (χ1n) is 7.72. The highest BCUT2D eigenvalue weighted by Crippen LogP contribution is 2.30. The summed E-state index contributed by atoms with van der Waals surface area (Å²) in [6.45, 7) is 4.12. The summed E-state index contributed by atoms with van der Waals surface area (Å²) in [6.07, 6.45) is 0. The standard InChI is InChI=1S/C19H22BrFN2O/c1-19(2,23(3)4)17(13-9-6-5-7-10-13)22-18(24)14-11-8-12-15(21)16(14)20/h5-12,17H,1-4H3,(H,22,24). The van der Waals surface area contributed by atoms with Gasteiger partial charge in [0.1, 0.15) is 5.82 Å². The van der Waals surface area contributed by atoms with Gasteiger partial charge in [0.2, 0.25) is 0 Å². The Balaban J connectivity index is 2.39. The van der Waals surface area contributed by atoms with Crippen LogP contribution in [0.1, 0.15) is 35.8 Å². The van der Waals surface area contributed by atoms with E-state index in [4.69, 9.17) is 0 Å². The van der Waals surface area contributed by atoms with Crippen LogP contribution in [0.15, 0.2) is 53.0 Å². The van der Waals surface area contributed by atoms with Crippen molar-refractivity contribution in [2.24, 2.45) is 0 Å². The SMILES string of the molecule is CN(C)C(C)(C)C(NC(=O)c1cccc(F)c1Br)c1ccccc1. The molecule has 0 heterocycles. The van der Waals surface area contributed by atoms with E-state index >= 15 is 0 Å². The molecule has 2 aromatic carbocycles. The number of carbonyl (C=O) groups excluding carboxylic acids is 1. The summed E-state index contributed by atoms with van der Waals surface area (Å²) in [5.74, 6) is -0.768. The van der Waals surface area contributed by atoms with Crippen molar-refractivity contribution >= 4 is 21.8 Å². The number of benzene rings is 2. The molecule has 0 aromatic heterocycles. The number of carbonyl (C=O) groups is 1. The first-order valence-corrected chi connectivity index (χ1v) is 8.51. The predicted octanol–water partition coefficient (Wildman–Crippen LogP) is 4.40. The molecular weight excluding hydrogens is 371 g/mol. The van der Waals surface area contributed by atoms with E-state index in [1.807, 2.05) is 44.4 Å². The molecule has 0 saturated heterocycles. The quantitative estimate of drug-likeness (QED) is 0.817. The van der Waals surface area contributed by atoms with Gasteiger partial charge in [-0.3, -0.25) is 4.79 Å². The summed E-state index contributed by atoms with van der Waals surface area (Å²) in [6, 6.07) is 14.0. The van der Waals surface area contributed by atoms with Crippen molar-refractivity contribution < 1.29 is 9.18 Å². The second-order valence-electron chi connectivity index (χ2n) is 6.47. The zero-order chi connectivity index (χ0) is 17.9. The molecule has 0 bridgehead atoms. The van der Waals surface area contributed by atoms with Crippen LogP contribution in [-0.2, 0) is 0 Å². The summed E-state index contributed by atoms with van der Waals surface area (Å²) < 4.78 is 13.9. The van der Waals surface area contributed by atoms with E-state index in [-0.39, 0.29) is 27.5 Å². The maximum Gasteiger partial charge on any atom is 0.253 e. The van der Waals surface area contributed by atoms with Crippen LogP contribution in [0, 0.1) is 5.82 Å². The van der Waals surface area contributed by atoms with Crippen molar-refractivity contribution in [3.05, 3.63) is 69.9 Å². The second kappa shape index (κ2) is 7.45. The fourth-order valence-electron chi connectivity index (χ4n) is 2.46. The van der Waals surface area contributed by atoms with Crippen LogP contribution in [0.4, 0.5) is 4.39 Å². The molecule has 128 valence electrons. The maximum absolute atomic E-state index is 13.7. The van der Waals surface area contributed by atoms with Gasteiger partial charge in [0.05, 0.1) is 16.1 Å². The van der Waals surface area contributed by atoms with E-state index in [1.54, 1.807) is 6.07 Å². The van der Waals surface area contributed by atoms with Gasteiger partial charge in [0.15, 0.2) is 0 Å². The zero-order valence-electron chi connectivity index (χ0n) is 14.3. The van der Waals surface area contributed by atoms with Gasteiger partial charge in [0.25, 0.3) is 5.91 Å². The van der Waals surface area contributed by atoms with Gasteiger partial charge in [-0.05, 0) is 61.6 Å². The first-order chi connectivity index (χ1) is 11.2. The highest BCUT2D eigenvalue weighted by Gasteiger charge is 2.34. The van der Waals surface area contributed by atoms with E-state index < -0.39 is 5.82 Å². The Morgan fingerprint density at radius 3 is 2.33 bits per heavy atom. The molecule has 0 spiro atoms. The lowest BCUT2D eigenvalue weighted by Crippen LogP contribution is -2.50. The van der Waals surface area contributed by atoms with Gasteiger partial charge in [-0.25, -0.2) is 4.39 Å². The van der Waals surface area contributed by atoms with Gasteiger partial charge in [0, 0.05) is 5.54 Å². The minimum Gasteiger partial charge on any atom is -0.343 e. The number of hydrogen-bond acceptors (Lipinski definition) is 2. The molecule has 0 aliphatic carbocycles. The highest BCUT2D eigenvalue weighted by atomic mass is 79.9. The molecule has 0 aliphatic rings. The van der Waals surface area contributed by atoms with Crippen molar-refractivity contribution in [1.82, 2.24) is 10.2 Å². The lowest BCUT2D eigenvalue weighted by molar-refractivity contribution is 0.0839. The Labute approximate surface area is 151 Å². The molecule has 1 amide bonds. The van der Waals surface area contributed by atoms with Crippen LogP contribution in [-0.4, -0.2) is 30.4 Å². The molecule has 5 heteroatoms. The molecule has 1 N–H and O–H groups in total. The van der Waals surface area contributed by atoms with Gasteiger partial charge >= 0.3 is 0 Å². The van der Waals surface area contributed by atoms with Crippen molar-refractivity contribution in [3.8, 4) is 0 Å². The minimum absolute atomic E-state index is 0.178. The van der Waals surface area contributed by atoms with Crippen LogP contribution in [0.25, 0.3) is 0 Å². The van der Waals surface area contributed by atoms with Crippen molar-refractivity contribution in [3.63, 3.8) is 0 Å². The summed E-state index contributed by atoms with van der Waals surface area (Å²) in [4.78, 5) is 14.8. The van der Waals surface area contributed by atoms with Crippen LogP contribution in [0.5, 0.6) is 0 Å². The van der Waals surface area contributed by atoms with E-state index in [2.05, 4.69) is 40.0 Å². The smallest absolute Gasteiger partial charge is 0.253 e. The number of amides is 1. The third-order valence-electron chi connectivity index (χ3n) is 4.46. The first kappa shape index (κ1) is 18.6. The monoisotopic (exact) mass is 392 g/mol. The van der Waals surface area contributed by atoms with E-state index in [1.165, 1.54) is 12.1 Å². The Kier molecular flexibility index (Phi) is 5.78. The normalized spacial score (nSPS) is 13.0. The molecule has 1 unspecified atom stereocenters. The summed E-state index contributed by atoms with van der Waals surface area (Å²) in [5, 5.41) is 3.06. The fourth-order valence-corrected chi connectivity index (χ4v) is 2.90. The largest absolute Gasteiger partial charge is 0.343 e. The fraction of sp³-hybridized carbons (Fsp3) is 0.316. The Hall–Kier alpha value is -1.72. The van der Waals surface area contributed by atoms with Crippen LogP contribution < -0.4 is 5.32 Å². The highest BCUT2D eigenvalue weighted by molar-refractivity contribution is 9.10. The van der Waals surface area contributed by atoms with Crippen molar-refractivity contribution in [1.29, 1.82) is 0 Å². The zero-order valence-corrected chi connectivity index (χ0v) is 15.9. The van der Waals surface area contributed by atoms with Gasteiger partial charge in [-0.1, -0.05) is 36.4 Å². The molecule has 1 atom stereocenters. The molecule has 2 rings (SSSR count). The lowest BCUT2D eigenvalue weighted by atomic mass is 9.87. The molecule has 0 fully saturated rings. The number of halogens is 2. The maximum atomic E-state index is 13.7. The number of rotatable bonds is 5. The van der Waals surface area contributed by atoms with Crippen molar-refractivity contribution in [2.45, 2.75) is 25.4 Å². The molecule has 0 radical (unpaired) electrons. The number of nitrogens with one attached hydrogen (secondary N) is 1. The summed E-state index contributed by atoms with van der Waals surface area (Å²) in [7, 11) is 3.94. The predicted molar refractivity (Wildman–Crippen MR) is 98.5 cm³/mol. The molecule has 0 saturated carbocycles. The van der Waals surface area contributed by atoms with Gasteiger partial charge in [-0.2, -0.15) is 0 Å². The van der Waals surface area contributed by atoms with Crippen LogP contribution in [0.2, 0.25) is 0 Å². The number of hydrogen-bond donors (Lipinski definition) is 1. The summed E-state index contributed by atoms with van der Waals surface area (Å²) in [5.41, 5.74) is 0.944. The Morgan fingerprint density at radius 1 is 1.12 bits per heavy atom. The lowest BCUT2D eigenvalue weighted by Gasteiger charge is -2.40. The topological polar surface area (TPSA) is 32.3 Å². The minimum atomic E-state index is -0.453. The molecule has 24 heavy (non-hydrogen) atoms. The third kappa shape index (κ3) is 3.84. The molecule has 3 nitrogen and oxygen atoms in total. The molecule has 2 aromatic rings. The Bertz CT molecular complexity index is 717. The van der Waals surface area contributed by atoms with E-state index in [0.717, 1.165) is 5.56 Å². The second-order valence-corrected chi connectivity index (χ2v) is 7.26. The molecule has 0 aliphatic heterocycles. The van der Waals surface area contributed by atoms with Gasteiger partial charge < -0.3 is 10.2 Å². The average Bonchev–Trinajstić information content (AvgIpc) is 2.55. The Morgan fingerprint density at radius 2 is 1.75 bits per heavy atom. The number of likely N-dealkylation sites (N-methyl/N-ethyl adjacent to an activating group) is 1. The van der Waals surface area contributed by atoms with E-state index in [9.17, 15) is 9.18 Å². The molecular formula is C19H22BrFN2O.